The smallest absolute Gasteiger partial charge is 0.304 e. The lowest BCUT2D eigenvalue weighted by Crippen LogP contribution is -2.50. The average molecular weight is 237 g/mol. The second-order valence-electron chi connectivity index (χ2n) is 5.06. The van der Waals surface area contributed by atoms with Crippen molar-refractivity contribution in [2.75, 3.05) is 6.54 Å². The van der Waals surface area contributed by atoms with Gasteiger partial charge in [-0.2, -0.15) is 0 Å². The van der Waals surface area contributed by atoms with Crippen molar-refractivity contribution in [1.29, 1.82) is 0 Å². The molecule has 3 atom stereocenters. The third-order valence-corrected chi connectivity index (χ3v) is 3.98. The number of nitro groups is 1. The van der Waals surface area contributed by atoms with Gasteiger partial charge >= 0.3 is 5.97 Å². The third-order valence-electron chi connectivity index (χ3n) is 3.98. The maximum Gasteiger partial charge on any atom is 0.304 e. The topological polar surface area (TPSA) is 80.4 Å². The molecule has 1 N–H and O–H groups in total. The van der Waals surface area contributed by atoms with E-state index >= 15 is 0 Å². The molecule has 1 fully saturated rings. The summed E-state index contributed by atoms with van der Waals surface area (Å²) >= 11 is 0. The molecule has 92 valence electrons. The van der Waals surface area contributed by atoms with E-state index in [9.17, 15) is 14.9 Å². The van der Waals surface area contributed by atoms with E-state index < -0.39 is 11.4 Å². The van der Waals surface area contributed by atoms with Gasteiger partial charge < -0.3 is 5.11 Å². The summed E-state index contributed by atoms with van der Waals surface area (Å²) in [4.78, 5) is 21.2. The Morgan fingerprint density at radius 1 is 1.76 bits per heavy atom. The molecule has 5 heteroatoms. The van der Waals surface area contributed by atoms with Crippen molar-refractivity contribution >= 4 is 5.97 Å². The van der Waals surface area contributed by atoms with Gasteiger partial charge in [-0.05, 0) is 24.7 Å². The first-order chi connectivity index (χ1) is 7.97. The van der Waals surface area contributed by atoms with Crippen molar-refractivity contribution in [3.63, 3.8) is 0 Å². The quantitative estimate of drug-likeness (QED) is 0.584. The Labute approximate surface area is 99.0 Å². The van der Waals surface area contributed by atoms with E-state index in [1.165, 1.54) is 0 Å². The monoisotopic (exact) mass is 237 g/mol. The fourth-order valence-corrected chi connectivity index (χ4v) is 3.36. The molecule has 2 rings (SSSR count). The van der Waals surface area contributed by atoms with Crippen LogP contribution in [0, 0.1) is 27.4 Å². The summed E-state index contributed by atoms with van der Waals surface area (Å²) in [6.07, 6.45) is 5.14. The molecule has 0 saturated heterocycles. The van der Waals surface area contributed by atoms with Gasteiger partial charge in [0.25, 0.3) is 0 Å². The summed E-state index contributed by atoms with van der Waals surface area (Å²) in [6.45, 7) is 3.44. The molecule has 0 aromatic carbocycles. The second-order valence-corrected chi connectivity index (χ2v) is 5.06. The van der Waals surface area contributed by atoms with Crippen LogP contribution in [0.15, 0.2) is 24.3 Å². The number of aliphatic carboxylic acids is 1. The van der Waals surface area contributed by atoms with Crippen LogP contribution in [-0.4, -0.2) is 22.5 Å². The lowest BCUT2D eigenvalue weighted by molar-refractivity contribution is -0.505. The first-order valence-electron chi connectivity index (χ1n) is 5.63. The lowest BCUT2D eigenvalue weighted by Gasteiger charge is -2.48. The molecule has 17 heavy (non-hydrogen) atoms. The molecular weight excluding hydrogens is 222 g/mol. The molecule has 0 bridgehead atoms. The number of carbonyl (C=O) groups is 1. The summed E-state index contributed by atoms with van der Waals surface area (Å²) in [7, 11) is 0. The summed E-state index contributed by atoms with van der Waals surface area (Å²) in [5.74, 6) is -0.537. The van der Waals surface area contributed by atoms with Gasteiger partial charge in [0.2, 0.25) is 6.54 Å². The molecule has 0 aromatic rings. The molecule has 2 aliphatic rings. The zero-order valence-corrected chi connectivity index (χ0v) is 9.46. The Hall–Kier alpha value is -1.65. The Kier molecular flexibility index (Phi) is 2.77. The number of hydrogen-bond donors (Lipinski definition) is 1. The van der Waals surface area contributed by atoms with Crippen LogP contribution in [0.2, 0.25) is 0 Å². The lowest BCUT2D eigenvalue weighted by atomic mass is 9.53. The van der Waals surface area contributed by atoms with Gasteiger partial charge in [0.1, 0.15) is 0 Å². The number of rotatable bonds is 5. The highest BCUT2D eigenvalue weighted by Crippen LogP contribution is 2.59. The zero-order valence-electron chi connectivity index (χ0n) is 9.46. The molecule has 0 heterocycles. The third kappa shape index (κ3) is 1.97. The van der Waals surface area contributed by atoms with Crippen LogP contribution in [0.4, 0.5) is 0 Å². The van der Waals surface area contributed by atoms with Crippen LogP contribution in [0.3, 0.4) is 0 Å². The minimum atomic E-state index is -0.953. The minimum Gasteiger partial charge on any atom is -0.481 e. The van der Waals surface area contributed by atoms with E-state index in [1.807, 2.05) is 6.08 Å². The van der Waals surface area contributed by atoms with Crippen LogP contribution in [0.1, 0.15) is 19.3 Å². The summed E-state index contributed by atoms with van der Waals surface area (Å²) in [6, 6.07) is 0. The van der Waals surface area contributed by atoms with Gasteiger partial charge in [0.05, 0.1) is 11.8 Å². The van der Waals surface area contributed by atoms with Crippen LogP contribution in [0.5, 0.6) is 0 Å². The Morgan fingerprint density at radius 3 is 3.00 bits per heavy atom. The number of nitrogens with zero attached hydrogens (tertiary/aromatic N) is 1. The SMILES string of the molecule is C=CC1=C[C@@H]2[C@@H](C1)C[C@@]2(CC(=O)O)C[N+](=O)[O-]. The summed E-state index contributed by atoms with van der Waals surface area (Å²) in [5, 5.41) is 19.6. The van der Waals surface area contributed by atoms with E-state index in [4.69, 9.17) is 5.11 Å². The summed E-state index contributed by atoms with van der Waals surface area (Å²) in [5.41, 5.74) is 0.417. The van der Waals surface area contributed by atoms with Crippen molar-refractivity contribution in [1.82, 2.24) is 0 Å². The van der Waals surface area contributed by atoms with E-state index in [-0.39, 0.29) is 23.8 Å². The van der Waals surface area contributed by atoms with Crippen LogP contribution >= 0.6 is 0 Å². The van der Waals surface area contributed by atoms with Gasteiger partial charge in [0.15, 0.2) is 0 Å². The Bertz CT molecular complexity index is 397. The maximum atomic E-state index is 10.9. The molecule has 0 aromatic heterocycles. The Morgan fingerprint density at radius 2 is 2.47 bits per heavy atom. The van der Waals surface area contributed by atoms with Gasteiger partial charge in [-0.1, -0.05) is 24.3 Å². The van der Waals surface area contributed by atoms with Crippen LogP contribution < -0.4 is 0 Å². The minimum absolute atomic E-state index is 0.0389. The fraction of sp³-hybridized carbons (Fsp3) is 0.583. The van der Waals surface area contributed by atoms with Crippen molar-refractivity contribution in [2.45, 2.75) is 19.3 Å². The van der Waals surface area contributed by atoms with Gasteiger partial charge in [-0.15, -0.1) is 0 Å². The number of fused-ring (bicyclic) bond motifs is 1. The zero-order chi connectivity index (χ0) is 12.6. The molecule has 2 aliphatic carbocycles. The summed E-state index contributed by atoms with van der Waals surface area (Å²) < 4.78 is 0. The highest BCUT2D eigenvalue weighted by molar-refractivity contribution is 5.68. The molecule has 0 spiro atoms. The fourth-order valence-electron chi connectivity index (χ4n) is 3.36. The van der Waals surface area contributed by atoms with Gasteiger partial charge in [0, 0.05) is 4.92 Å². The maximum absolute atomic E-state index is 10.9. The highest BCUT2D eigenvalue weighted by atomic mass is 16.6. The molecule has 5 nitrogen and oxygen atoms in total. The normalized spacial score (nSPS) is 34.5. The van der Waals surface area contributed by atoms with E-state index in [0.29, 0.717) is 12.3 Å². The first kappa shape index (κ1) is 11.8. The molecule has 0 unspecified atom stereocenters. The predicted octanol–water partition coefficient (Wildman–Crippen LogP) is 1.88. The molecular formula is C12H15NO4. The van der Waals surface area contributed by atoms with E-state index in [1.54, 1.807) is 6.08 Å². The first-order valence-corrected chi connectivity index (χ1v) is 5.63. The highest BCUT2D eigenvalue weighted by Gasteiger charge is 2.58. The van der Waals surface area contributed by atoms with Gasteiger partial charge in [-0.3, -0.25) is 14.9 Å². The number of allylic oxidation sites excluding steroid dienone is 3. The molecule has 0 radical (unpaired) electrons. The van der Waals surface area contributed by atoms with Crippen molar-refractivity contribution < 1.29 is 14.8 Å². The second kappa shape index (κ2) is 3.98. The standard InChI is InChI=1S/C12H15NO4/c1-2-8-3-9-5-12(6-11(14)15,7-13(16)17)10(9)4-8/h2,4,9-10H,1,3,5-7H2,(H,14,15)/t9-,10+,12+/m0/s1. The van der Waals surface area contributed by atoms with Gasteiger partial charge in [-0.25, -0.2) is 0 Å². The molecule has 0 amide bonds. The molecule has 1 saturated carbocycles. The van der Waals surface area contributed by atoms with Crippen molar-refractivity contribution in [2.24, 2.45) is 17.3 Å². The number of carboxylic acid groups (broad SMARTS) is 1. The van der Waals surface area contributed by atoms with Crippen molar-refractivity contribution in [3.05, 3.63) is 34.4 Å². The average Bonchev–Trinajstić information content (AvgIpc) is 2.54. The number of carboxylic acids is 1. The number of hydrogen-bond acceptors (Lipinski definition) is 3. The van der Waals surface area contributed by atoms with E-state index in [2.05, 4.69) is 6.58 Å². The largest absolute Gasteiger partial charge is 0.481 e. The predicted molar refractivity (Wildman–Crippen MR) is 61.0 cm³/mol. The van der Waals surface area contributed by atoms with E-state index in [0.717, 1.165) is 12.0 Å². The van der Waals surface area contributed by atoms with Crippen molar-refractivity contribution in [3.8, 4) is 0 Å². The van der Waals surface area contributed by atoms with Crippen LogP contribution in [-0.2, 0) is 4.79 Å². The Balaban J connectivity index is 2.19. The molecule has 0 aliphatic heterocycles. The van der Waals surface area contributed by atoms with Crippen LogP contribution in [0.25, 0.3) is 0 Å².